The zero-order chi connectivity index (χ0) is 19.5. The molecule has 1 aliphatic rings. The zero-order valence-electron chi connectivity index (χ0n) is 16.6. The predicted octanol–water partition coefficient (Wildman–Crippen LogP) is 4.93. The maximum atomic E-state index is 6.61. The topological polar surface area (TPSA) is 64.9 Å². The molecule has 1 fully saturated rings. The molecule has 0 bridgehead atoms. The van der Waals surface area contributed by atoms with Crippen molar-refractivity contribution < 1.29 is 4.42 Å². The van der Waals surface area contributed by atoms with Crippen LogP contribution in [0.5, 0.6) is 0 Å². The van der Waals surface area contributed by atoms with Gasteiger partial charge in [0.2, 0.25) is 11.8 Å². The Morgan fingerprint density at radius 1 is 0.893 bits per heavy atom. The van der Waals surface area contributed by atoms with Gasteiger partial charge in [0.15, 0.2) is 0 Å². The molecule has 28 heavy (non-hydrogen) atoms. The SMILES string of the molecule is C[C@@](N)(Cc1ccccc1)c1nnc(C2(Cc3ccccc3)CCCCC2)o1. The van der Waals surface area contributed by atoms with Gasteiger partial charge in [0.05, 0.1) is 11.0 Å². The first kappa shape index (κ1) is 18.9. The molecule has 0 saturated heterocycles. The zero-order valence-corrected chi connectivity index (χ0v) is 16.6. The lowest BCUT2D eigenvalue weighted by Crippen LogP contribution is -2.36. The van der Waals surface area contributed by atoms with Crippen LogP contribution in [-0.2, 0) is 23.8 Å². The monoisotopic (exact) mass is 375 g/mol. The van der Waals surface area contributed by atoms with Crippen LogP contribution in [0.25, 0.3) is 0 Å². The van der Waals surface area contributed by atoms with Crippen molar-refractivity contribution in [2.45, 2.75) is 62.8 Å². The third kappa shape index (κ3) is 4.02. The van der Waals surface area contributed by atoms with Gasteiger partial charge in [-0.2, -0.15) is 0 Å². The summed E-state index contributed by atoms with van der Waals surface area (Å²) in [5.74, 6) is 1.29. The normalized spacial score (nSPS) is 18.5. The molecule has 146 valence electrons. The van der Waals surface area contributed by atoms with Crippen LogP contribution in [0.4, 0.5) is 0 Å². The summed E-state index contributed by atoms with van der Waals surface area (Å²) in [6, 6.07) is 20.9. The van der Waals surface area contributed by atoms with E-state index in [1.807, 2.05) is 25.1 Å². The van der Waals surface area contributed by atoms with Crippen LogP contribution >= 0.6 is 0 Å². The van der Waals surface area contributed by atoms with E-state index in [-0.39, 0.29) is 5.41 Å². The van der Waals surface area contributed by atoms with Crippen LogP contribution < -0.4 is 5.73 Å². The van der Waals surface area contributed by atoms with Crippen molar-refractivity contribution in [3.05, 3.63) is 83.6 Å². The fourth-order valence-electron chi connectivity index (χ4n) is 4.45. The quantitative estimate of drug-likeness (QED) is 0.663. The van der Waals surface area contributed by atoms with E-state index in [1.165, 1.54) is 30.4 Å². The molecular formula is C24H29N3O. The van der Waals surface area contributed by atoms with Gasteiger partial charge in [-0.3, -0.25) is 0 Å². The maximum Gasteiger partial charge on any atom is 0.236 e. The summed E-state index contributed by atoms with van der Waals surface area (Å²) in [6.07, 6.45) is 7.46. The van der Waals surface area contributed by atoms with E-state index in [4.69, 9.17) is 10.2 Å². The molecule has 1 heterocycles. The number of hydrogen-bond donors (Lipinski definition) is 1. The third-order valence-electron chi connectivity index (χ3n) is 5.98. The summed E-state index contributed by atoms with van der Waals surface area (Å²) < 4.78 is 6.29. The third-order valence-corrected chi connectivity index (χ3v) is 5.98. The van der Waals surface area contributed by atoms with Crippen molar-refractivity contribution in [2.75, 3.05) is 0 Å². The number of hydrogen-bond acceptors (Lipinski definition) is 4. The van der Waals surface area contributed by atoms with Gasteiger partial charge < -0.3 is 10.2 Å². The minimum atomic E-state index is -0.685. The van der Waals surface area contributed by atoms with Gasteiger partial charge >= 0.3 is 0 Å². The second kappa shape index (κ2) is 7.88. The van der Waals surface area contributed by atoms with Gasteiger partial charge in [0.25, 0.3) is 0 Å². The minimum absolute atomic E-state index is 0.0757. The molecule has 4 heteroatoms. The van der Waals surface area contributed by atoms with E-state index < -0.39 is 5.54 Å². The standard InChI is InChI=1S/C24H29N3O/c1-23(25,17-19-11-5-2-6-12-19)21-26-27-22(28-21)24(15-9-4-10-16-24)18-20-13-7-3-8-14-20/h2-3,5-8,11-14H,4,9-10,15-18,25H2,1H3/t23-/m1/s1. The summed E-state index contributed by atoms with van der Waals surface area (Å²) in [5, 5.41) is 8.92. The summed E-state index contributed by atoms with van der Waals surface area (Å²) in [6.45, 7) is 1.97. The number of aromatic nitrogens is 2. The summed E-state index contributed by atoms with van der Waals surface area (Å²) in [5.41, 5.74) is 8.34. The Bertz CT molecular complexity index is 880. The molecule has 0 radical (unpaired) electrons. The van der Waals surface area contributed by atoms with Crippen LogP contribution in [0, 0.1) is 0 Å². The van der Waals surface area contributed by atoms with E-state index in [0.717, 1.165) is 25.2 Å². The first-order valence-electron chi connectivity index (χ1n) is 10.3. The van der Waals surface area contributed by atoms with Crippen LogP contribution in [0.15, 0.2) is 65.1 Å². The number of benzene rings is 2. The molecule has 0 unspecified atom stereocenters. The van der Waals surface area contributed by atoms with Gasteiger partial charge in [-0.1, -0.05) is 79.9 Å². The lowest BCUT2D eigenvalue weighted by Gasteiger charge is -2.34. The molecule has 0 aliphatic heterocycles. The predicted molar refractivity (Wildman–Crippen MR) is 111 cm³/mol. The molecular weight excluding hydrogens is 346 g/mol. The molecule has 1 aromatic heterocycles. The van der Waals surface area contributed by atoms with Gasteiger partial charge in [-0.15, -0.1) is 10.2 Å². The number of nitrogens with two attached hydrogens (primary N) is 1. The first-order valence-corrected chi connectivity index (χ1v) is 10.3. The largest absolute Gasteiger partial charge is 0.423 e. The Morgan fingerprint density at radius 3 is 2.14 bits per heavy atom. The number of rotatable bonds is 6. The highest BCUT2D eigenvalue weighted by Gasteiger charge is 2.40. The van der Waals surface area contributed by atoms with Crippen LogP contribution in [0.2, 0.25) is 0 Å². The fourth-order valence-corrected chi connectivity index (χ4v) is 4.45. The van der Waals surface area contributed by atoms with Crippen molar-refractivity contribution in [1.82, 2.24) is 10.2 Å². The highest BCUT2D eigenvalue weighted by Crippen LogP contribution is 2.42. The first-order chi connectivity index (χ1) is 13.6. The Hall–Kier alpha value is -2.46. The van der Waals surface area contributed by atoms with Gasteiger partial charge in [0.1, 0.15) is 0 Å². The Labute approximate surface area is 167 Å². The molecule has 1 saturated carbocycles. The molecule has 1 aliphatic carbocycles. The molecule has 4 rings (SSSR count). The van der Waals surface area contributed by atoms with E-state index in [9.17, 15) is 0 Å². The molecule has 0 spiro atoms. The molecule has 4 nitrogen and oxygen atoms in total. The molecule has 1 atom stereocenters. The van der Waals surface area contributed by atoms with Crippen molar-refractivity contribution in [2.24, 2.45) is 5.73 Å². The minimum Gasteiger partial charge on any atom is -0.423 e. The van der Waals surface area contributed by atoms with Crippen LogP contribution in [0.3, 0.4) is 0 Å². The second-order valence-electron chi connectivity index (χ2n) is 8.50. The average Bonchev–Trinajstić information content (AvgIpc) is 3.22. The fraction of sp³-hybridized carbons (Fsp3) is 0.417. The van der Waals surface area contributed by atoms with Crippen molar-refractivity contribution in [1.29, 1.82) is 0 Å². The van der Waals surface area contributed by atoms with E-state index in [0.29, 0.717) is 12.3 Å². The van der Waals surface area contributed by atoms with Crippen LogP contribution in [0.1, 0.15) is 61.9 Å². The number of nitrogens with zero attached hydrogens (tertiary/aromatic N) is 2. The molecule has 3 aromatic rings. The van der Waals surface area contributed by atoms with Gasteiger partial charge in [-0.25, -0.2) is 0 Å². The highest BCUT2D eigenvalue weighted by molar-refractivity contribution is 5.22. The summed E-state index contributed by atoms with van der Waals surface area (Å²) in [4.78, 5) is 0. The maximum absolute atomic E-state index is 6.61. The van der Waals surface area contributed by atoms with Crippen LogP contribution in [-0.4, -0.2) is 10.2 Å². The van der Waals surface area contributed by atoms with Crippen molar-refractivity contribution in [3.63, 3.8) is 0 Å². The van der Waals surface area contributed by atoms with Gasteiger partial charge in [0, 0.05) is 0 Å². The smallest absolute Gasteiger partial charge is 0.236 e. The van der Waals surface area contributed by atoms with Crippen molar-refractivity contribution in [3.8, 4) is 0 Å². The van der Waals surface area contributed by atoms with Gasteiger partial charge in [-0.05, 0) is 43.7 Å². The average molecular weight is 376 g/mol. The van der Waals surface area contributed by atoms with E-state index >= 15 is 0 Å². The molecule has 0 amide bonds. The lowest BCUT2D eigenvalue weighted by atomic mass is 9.70. The van der Waals surface area contributed by atoms with E-state index in [2.05, 4.69) is 52.7 Å². The summed E-state index contributed by atoms with van der Waals surface area (Å²) >= 11 is 0. The lowest BCUT2D eigenvalue weighted by molar-refractivity contribution is 0.218. The van der Waals surface area contributed by atoms with E-state index in [1.54, 1.807) is 0 Å². The van der Waals surface area contributed by atoms with Crippen molar-refractivity contribution >= 4 is 0 Å². The molecule has 2 N–H and O–H groups in total. The Kier molecular flexibility index (Phi) is 5.31. The summed E-state index contributed by atoms with van der Waals surface area (Å²) in [7, 11) is 0. The highest BCUT2D eigenvalue weighted by atomic mass is 16.4. The Balaban J connectivity index is 1.61. The Morgan fingerprint density at radius 2 is 1.50 bits per heavy atom. The second-order valence-corrected chi connectivity index (χ2v) is 8.50. The molecule has 2 aromatic carbocycles.